The molecule has 100 valence electrons. The van der Waals surface area contributed by atoms with Crippen molar-refractivity contribution < 1.29 is 4.79 Å². The van der Waals surface area contributed by atoms with E-state index in [-0.39, 0.29) is 5.91 Å². The third-order valence-corrected chi connectivity index (χ3v) is 3.35. The molecule has 0 saturated carbocycles. The van der Waals surface area contributed by atoms with Gasteiger partial charge >= 0.3 is 0 Å². The monoisotopic (exact) mass is 288 g/mol. The van der Waals surface area contributed by atoms with Gasteiger partial charge in [0.2, 0.25) is 5.91 Å². The molecule has 0 atom stereocenters. The van der Waals surface area contributed by atoms with Crippen LogP contribution in [-0.4, -0.2) is 30.9 Å². The molecule has 0 saturated heterocycles. The summed E-state index contributed by atoms with van der Waals surface area (Å²) >= 11 is 11.9. The summed E-state index contributed by atoms with van der Waals surface area (Å²) in [5, 5.41) is 3.58. The predicted molar refractivity (Wildman–Crippen MR) is 77.5 cm³/mol. The van der Waals surface area contributed by atoms with Gasteiger partial charge in [-0.15, -0.1) is 0 Å². The quantitative estimate of drug-likeness (QED) is 0.866. The van der Waals surface area contributed by atoms with Crippen LogP contribution in [0.3, 0.4) is 0 Å². The Labute approximate surface area is 118 Å². The maximum atomic E-state index is 11.8. The van der Waals surface area contributed by atoms with Crippen molar-refractivity contribution >= 4 is 34.8 Å². The van der Waals surface area contributed by atoms with E-state index >= 15 is 0 Å². The van der Waals surface area contributed by atoms with Crippen molar-refractivity contribution in [1.29, 1.82) is 0 Å². The number of likely N-dealkylation sites (N-methyl/N-ethyl adjacent to an activating group) is 1. The average Bonchev–Trinajstić information content (AvgIpc) is 2.32. The van der Waals surface area contributed by atoms with Gasteiger partial charge in [0.1, 0.15) is 0 Å². The van der Waals surface area contributed by atoms with E-state index in [0.717, 1.165) is 19.4 Å². The number of amides is 1. The minimum absolute atomic E-state index is 0.0854. The van der Waals surface area contributed by atoms with Crippen LogP contribution in [0.5, 0.6) is 0 Å². The Morgan fingerprint density at radius 2 is 2.11 bits per heavy atom. The minimum atomic E-state index is -0.0854. The fraction of sp³-hybridized carbons (Fsp3) is 0.462. The second kappa shape index (κ2) is 7.62. The van der Waals surface area contributed by atoms with E-state index in [1.165, 1.54) is 0 Å². The molecule has 1 N–H and O–H groups in total. The van der Waals surface area contributed by atoms with Gasteiger partial charge < -0.3 is 5.32 Å². The summed E-state index contributed by atoms with van der Waals surface area (Å²) in [6, 6.07) is 5.18. The maximum absolute atomic E-state index is 11.8. The second-order valence-corrected chi connectivity index (χ2v) is 5.03. The highest BCUT2D eigenvalue weighted by Gasteiger charge is 2.10. The lowest BCUT2D eigenvalue weighted by atomic mass is 10.3. The Balaban J connectivity index is 2.52. The Morgan fingerprint density at radius 3 is 2.78 bits per heavy atom. The number of carbonyl (C=O) groups is 1. The first-order chi connectivity index (χ1) is 8.54. The van der Waals surface area contributed by atoms with Crippen molar-refractivity contribution in [3.8, 4) is 0 Å². The van der Waals surface area contributed by atoms with E-state index in [9.17, 15) is 4.79 Å². The number of benzene rings is 1. The van der Waals surface area contributed by atoms with E-state index in [1.807, 2.05) is 11.9 Å². The first-order valence-corrected chi connectivity index (χ1v) is 6.72. The van der Waals surface area contributed by atoms with Gasteiger partial charge in [0.05, 0.1) is 22.3 Å². The molecule has 1 amide bonds. The van der Waals surface area contributed by atoms with E-state index in [1.54, 1.807) is 18.2 Å². The molecule has 1 aromatic carbocycles. The Bertz CT molecular complexity index is 410. The molecule has 0 aliphatic carbocycles. The van der Waals surface area contributed by atoms with Gasteiger partial charge in [0, 0.05) is 0 Å². The molecule has 0 radical (unpaired) electrons. The largest absolute Gasteiger partial charge is 0.324 e. The zero-order valence-corrected chi connectivity index (χ0v) is 12.2. The van der Waals surface area contributed by atoms with Crippen molar-refractivity contribution in [1.82, 2.24) is 4.90 Å². The number of nitrogens with zero attached hydrogens (tertiary/aromatic N) is 1. The van der Waals surface area contributed by atoms with Crippen LogP contribution in [0, 0.1) is 0 Å². The summed E-state index contributed by atoms with van der Waals surface area (Å²) in [5.74, 6) is -0.0854. The highest BCUT2D eigenvalue weighted by Crippen LogP contribution is 2.29. The van der Waals surface area contributed by atoms with E-state index in [4.69, 9.17) is 23.2 Å². The molecule has 0 unspecified atom stereocenters. The van der Waals surface area contributed by atoms with Crippen molar-refractivity contribution in [2.45, 2.75) is 19.8 Å². The topological polar surface area (TPSA) is 32.3 Å². The molecule has 0 aliphatic rings. The Hall–Kier alpha value is -0.770. The number of hydrogen-bond donors (Lipinski definition) is 1. The molecular weight excluding hydrogens is 271 g/mol. The van der Waals surface area contributed by atoms with Gasteiger partial charge in [0.15, 0.2) is 0 Å². The summed E-state index contributed by atoms with van der Waals surface area (Å²) < 4.78 is 0. The zero-order chi connectivity index (χ0) is 13.5. The molecule has 0 fully saturated rings. The summed E-state index contributed by atoms with van der Waals surface area (Å²) in [6.45, 7) is 3.38. The van der Waals surface area contributed by atoms with E-state index < -0.39 is 0 Å². The fourth-order valence-electron chi connectivity index (χ4n) is 1.54. The standard InChI is InChI=1S/C13H18Cl2N2O/c1-3-4-8-17(2)9-12(18)16-11-7-5-6-10(14)13(11)15/h5-7H,3-4,8-9H2,1-2H3,(H,16,18). The smallest absolute Gasteiger partial charge is 0.238 e. The van der Waals surface area contributed by atoms with Gasteiger partial charge in [0.25, 0.3) is 0 Å². The van der Waals surface area contributed by atoms with E-state index in [2.05, 4.69) is 12.2 Å². The van der Waals surface area contributed by atoms with Crippen molar-refractivity contribution in [2.24, 2.45) is 0 Å². The summed E-state index contributed by atoms with van der Waals surface area (Å²) in [6.07, 6.45) is 2.20. The molecule has 18 heavy (non-hydrogen) atoms. The van der Waals surface area contributed by atoms with E-state index in [0.29, 0.717) is 22.3 Å². The van der Waals surface area contributed by atoms with Crippen molar-refractivity contribution in [3.05, 3.63) is 28.2 Å². The predicted octanol–water partition coefficient (Wildman–Crippen LogP) is 3.66. The molecule has 5 heteroatoms. The minimum Gasteiger partial charge on any atom is -0.324 e. The Kier molecular flexibility index (Phi) is 6.47. The van der Waals surface area contributed by atoms with Crippen LogP contribution in [0.4, 0.5) is 5.69 Å². The van der Waals surface area contributed by atoms with Gasteiger partial charge in [-0.2, -0.15) is 0 Å². The average molecular weight is 289 g/mol. The second-order valence-electron chi connectivity index (χ2n) is 4.24. The molecule has 3 nitrogen and oxygen atoms in total. The molecule has 0 aromatic heterocycles. The normalized spacial score (nSPS) is 10.7. The molecule has 1 aromatic rings. The molecule has 1 rings (SSSR count). The molecular formula is C13H18Cl2N2O. The van der Waals surface area contributed by atoms with Gasteiger partial charge in [-0.05, 0) is 32.1 Å². The number of carbonyl (C=O) groups excluding carboxylic acids is 1. The lowest BCUT2D eigenvalue weighted by molar-refractivity contribution is -0.117. The highest BCUT2D eigenvalue weighted by molar-refractivity contribution is 6.43. The number of unbranched alkanes of at least 4 members (excludes halogenated alkanes) is 1. The molecule has 0 bridgehead atoms. The first kappa shape index (κ1) is 15.3. The van der Waals surface area contributed by atoms with Gasteiger partial charge in [-0.3, -0.25) is 9.69 Å². The van der Waals surface area contributed by atoms with Crippen LogP contribution in [0.2, 0.25) is 10.0 Å². The SMILES string of the molecule is CCCCN(C)CC(=O)Nc1cccc(Cl)c1Cl. The van der Waals surface area contributed by atoms with Crippen LogP contribution in [0.1, 0.15) is 19.8 Å². The lowest BCUT2D eigenvalue weighted by Crippen LogP contribution is -2.30. The third-order valence-electron chi connectivity index (χ3n) is 2.53. The van der Waals surface area contributed by atoms with Gasteiger partial charge in [-0.1, -0.05) is 42.6 Å². The maximum Gasteiger partial charge on any atom is 0.238 e. The number of anilines is 1. The number of nitrogens with one attached hydrogen (secondary N) is 1. The van der Waals surface area contributed by atoms with Crippen molar-refractivity contribution in [3.63, 3.8) is 0 Å². The molecule has 0 aliphatic heterocycles. The van der Waals surface area contributed by atoms with Crippen LogP contribution in [0.25, 0.3) is 0 Å². The zero-order valence-electron chi connectivity index (χ0n) is 10.7. The number of hydrogen-bond acceptors (Lipinski definition) is 2. The first-order valence-electron chi connectivity index (χ1n) is 5.97. The van der Waals surface area contributed by atoms with Crippen LogP contribution in [-0.2, 0) is 4.79 Å². The molecule has 0 heterocycles. The fourth-order valence-corrected chi connectivity index (χ4v) is 1.89. The molecule has 0 spiro atoms. The van der Waals surface area contributed by atoms with Crippen LogP contribution < -0.4 is 5.32 Å². The summed E-state index contributed by atoms with van der Waals surface area (Å²) in [7, 11) is 1.93. The number of halogens is 2. The third kappa shape index (κ3) is 4.84. The van der Waals surface area contributed by atoms with Crippen molar-refractivity contribution in [2.75, 3.05) is 25.5 Å². The highest BCUT2D eigenvalue weighted by atomic mass is 35.5. The van der Waals surface area contributed by atoms with Gasteiger partial charge in [-0.25, -0.2) is 0 Å². The van der Waals surface area contributed by atoms with Crippen LogP contribution in [0.15, 0.2) is 18.2 Å². The lowest BCUT2D eigenvalue weighted by Gasteiger charge is -2.16. The summed E-state index contributed by atoms with van der Waals surface area (Å²) in [4.78, 5) is 13.8. The summed E-state index contributed by atoms with van der Waals surface area (Å²) in [5.41, 5.74) is 0.554. The van der Waals surface area contributed by atoms with Crippen LogP contribution >= 0.6 is 23.2 Å². The number of rotatable bonds is 6. The Morgan fingerprint density at radius 1 is 1.39 bits per heavy atom.